The van der Waals surface area contributed by atoms with Crippen molar-refractivity contribution in [1.82, 2.24) is 0 Å². The van der Waals surface area contributed by atoms with Gasteiger partial charge in [0.05, 0.1) is 0 Å². The van der Waals surface area contributed by atoms with Gasteiger partial charge < -0.3 is 0 Å². The zero-order chi connectivity index (χ0) is 5.98. The second-order valence-corrected chi connectivity index (χ2v) is 4.94. The number of hydrogen-bond donors (Lipinski definition) is 0. The van der Waals surface area contributed by atoms with Crippen molar-refractivity contribution in [2.75, 3.05) is 0 Å². The summed E-state index contributed by atoms with van der Waals surface area (Å²) in [6.45, 7) is 0. The zero-order valence-electron chi connectivity index (χ0n) is 4.74. The molecule has 0 aromatic rings. The summed E-state index contributed by atoms with van der Waals surface area (Å²) in [7, 11) is 0. The molecule has 0 radical (unpaired) electrons. The highest BCUT2D eigenvalue weighted by Gasteiger charge is 2.15. The largest absolute Gasteiger partial charge is 0.0891 e. The zero-order valence-corrected chi connectivity index (χ0v) is 7.91. The summed E-state index contributed by atoms with van der Waals surface area (Å²) in [6.07, 6.45) is 5.37. The normalized spacial score (nSPS) is 39.8. The summed E-state index contributed by atoms with van der Waals surface area (Å²) in [4.78, 5) is 1.60. The SMILES string of the molecule is BrC1CCC(Br)CC1. The molecule has 1 aliphatic carbocycles. The monoisotopic (exact) mass is 240 g/mol. The second-order valence-electron chi connectivity index (χ2n) is 2.35. The van der Waals surface area contributed by atoms with Gasteiger partial charge in [-0.25, -0.2) is 0 Å². The number of halogens is 2. The molecule has 0 aliphatic heterocycles. The van der Waals surface area contributed by atoms with Crippen molar-refractivity contribution in [2.24, 2.45) is 0 Å². The van der Waals surface area contributed by atoms with Crippen molar-refractivity contribution in [3.8, 4) is 0 Å². The minimum Gasteiger partial charge on any atom is -0.0891 e. The van der Waals surface area contributed by atoms with E-state index in [1.807, 2.05) is 0 Å². The van der Waals surface area contributed by atoms with E-state index in [0.717, 1.165) is 9.65 Å². The van der Waals surface area contributed by atoms with E-state index in [4.69, 9.17) is 0 Å². The van der Waals surface area contributed by atoms with Crippen LogP contribution in [0.15, 0.2) is 0 Å². The van der Waals surface area contributed by atoms with E-state index in [1.54, 1.807) is 0 Å². The predicted molar refractivity (Wildman–Crippen MR) is 43.9 cm³/mol. The Morgan fingerprint density at radius 2 is 1.00 bits per heavy atom. The lowest BCUT2D eigenvalue weighted by atomic mass is 10.0. The number of rotatable bonds is 0. The average molecular weight is 242 g/mol. The van der Waals surface area contributed by atoms with Gasteiger partial charge in [-0.1, -0.05) is 31.9 Å². The maximum Gasteiger partial charge on any atom is 0.0146 e. The second kappa shape index (κ2) is 3.21. The first-order chi connectivity index (χ1) is 3.79. The van der Waals surface area contributed by atoms with E-state index in [-0.39, 0.29) is 0 Å². The molecule has 0 saturated heterocycles. The van der Waals surface area contributed by atoms with Crippen LogP contribution in [0.4, 0.5) is 0 Å². The number of hydrogen-bond acceptors (Lipinski definition) is 0. The van der Waals surface area contributed by atoms with E-state index in [9.17, 15) is 0 Å². The molecule has 1 rings (SSSR count). The van der Waals surface area contributed by atoms with Crippen LogP contribution in [0.3, 0.4) is 0 Å². The van der Waals surface area contributed by atoms with Gasteiger partial charge in [-0.15, -0.1) is 0 Å². The van der Waals surface area contributed by atoms with Crippen molar-refractivity contribution in [2.45, 2.75) is 35.3 Å². The van der Waals surface area contributed by atoms with Gasteiger partial charge in [-0.2, -0.15) is 0 Å². The molecular weight excluding hydrogens is 232 g/mol. The highest BCUT2D eigenvalue weighted by molar-refractivity contribution is 9.10. The maximum absolute atomic E-state index is 3.59. The Labute approximate surface area is 67.3 Å². The van der Waals surface area contributed by atoms with E-state index >= 15 is 0 Å². The maximum atomic E-state index is 3.59. The Balaban J connectivity index is 2.19. The minimum absolute atomic E-state index is 0.802. The summed E-state index contributed by atoms with van der Waals surface area (Å²) in [6, 6.07) is 0. The number of alkyl halides is 2. The van der Waals surface area contributed by atoms with Crippen molar-refractivity contribution in [3.05, 3.63) is 0 Å². The van der Waals surface area contributed by atoms with E-state index in [0.29, 0.717) is 0 Å². The molecule has 0 aromatic carbocycles. The summed E-state index contributed by atoms with van der Waals surface area (Å²) in [5.74, 6) is 0. The van der Waals surface area contributed by atoms with Gasteiger partial charge in [0.1, 0.15) is 0 Å². The molecule has 48 valence electrons. The molecule has 0 amide bonds. The van der Waals surface area contributed by atoms with Gasteiger partial charge in [-0.3, -0.25) is 0 Å². The van der Waals surface area contributed by atoms with Crippen molar-refractivity contribution in [1.29, 1.82) is 0 Å². The molecule has 1 aliphatic rings. The highest BCUT2D eigenvalue weighted by atomic mass is 79.9. The molecule has 0 heterocycles. The molecule has 1 saturated carbocycles. The topological polar surface area (TPSA) is 0 Å². The summed E-state index contributed by atoms with van der Waals surface area (Å²) in [5.41, 5.74) is 0. The third-order valence-electron chi connectivity index (χ3n) is 1.59. The van der Waals surface area contributed by atoms with Crippen LogP contribution in [0, 0.1) is 0 Å². The Morgan fingerprint density at radius 3 is 1.25 bits per heavy atom. The van der Waals surface area contributed by atoms with E-state index in [2.05, 4.69) is 31.9 Å². The first-order valence-electron chi connectivity index (χ1n) is 3.07. The first kappa shape index (κ1) is 7.07. The third kappa shape index (κ3) is 2.06. The van der Waals surface area contributed by atoms with Crippen LogP contribution in [0.2, 0.25) is 0 Å². The average Bonchev–Trinajstić information content (AvgIpc) is 1.77. The molecule has 2 heteroatoms. The van der Waals surface area contributed by atoms with Crippen molar-refractivity contribution in [3.63, 3.8) is 0 Å². The lowest BCUT2D eigenvalue weighted by molar-refractivity contribution is 0.539. The molecule has 0 N–H and O–H groups in total. The van der Waals surface area contributed by atoms with Crippen LogP contribution in [0.5, 0.6) is 0 Å². The predicted octanol–water partition coefficient (Wildman–Crippen LogP) is 3.09. The van der Waals surface area contributed by atoms with Crippen molar-refractivity contribution >= 4 is 31.9 Å². The Kier molecular flexibility index (Phi) is 2.84. The Hall–Kier alpha value is 0.960. The highest BCUT2D eigenvalue weighted by Crippen LogP contribution is 2.28. The Bertz CT molecular complexity index is 54.9. The lowest BCUT2D eigenvalue weighted by Crippen LogP contribution is -2.12. The van der Waals surface area contributed by atoms with Crippen molar-refractivity contribution < 1.29 is 0 Å². The molecule has 0 spiro atoms. The third-order valence-corrected chi connectivity index (χ3v) is 3.42. The van der Waals surface area contributed by atoms with Gasteiger partial charge in [0.15, 0.2) is 0 Å². The Morgan fingerprint density at radius 1 is 0.750 bits per heavy atom. The molecule has 0 atom stereocenters. The van der Waals surface area contributed by atoms with Gasteiger partial charge in [0, 0.05) is 9.65 Å². The molecule has 1 fully saturated rings. The van der Waals surface area contributed by atoms with E-state index in [1.165, 1.54) is 25.7 Å². The van der Waals surface area contributed by atoms with Gasteiger partial charge >= 0.3 is 0 Å². The molecule has 0 aromatic heterocycles. The minimum atomic E-state index is 0.802. The van der Waals surface area contributed by atoms with Crippen LogP contribution < -0.4 is 0 Å². The molecular formula is C6H10Br2. The van der Waals surface area contributed by atoms with E-state index < -0.39 is 0 Å². The first-order valence-corrected chi connectivity index (χ1v) is 4.90. The van der Waals surface area contributed by atoms with Crippen LogP contribution >= 0.6 is 31.9 Å². The van der Waals surface area contributed by atoms with Crippen LogP contribution in [-0.4, -0.2) is 9.65 Å². The molecule has 8 heavy (non-hydrogen) atoms. The fourth-order valence-electron chi connectivity index (χ4n) is 1.01. The van der Waals surface area contributed by atoms with Gasteiger partial charge in [0.2, 0.25) is 0 Å². The molecule has 0 unspecified atom stereocenters. The van der Waals surface area contributed by atoms with Gasteiger partial charge in [-0.05, 0) is 25.7 Å². The van der Waals surface area contributed by atoms with Crippen LogP contribution in [0.25, 0.3) is 0 Å². The van der Waals surface area contributed by atoms with Gasteiger partial charge in [0.25, 0.3) is 0 Å². The quantitative estimate of drug-likeness (QED) is 0.572. The summed E-state index contributed by atoms with van der Waals surface area (Å²) >= 11 is 7.19. The molecule has 0 bridgehead atoms. The smallest absolute Gasteiger partial charge is 0.0146 e. The standard InChI is InChI=1S/C6H10Br2/c7-5-1-2-6(8)4-3-5/h5-6H,1-4H2. The van der Waals surface area contributed by atoms with Crippen LogP contribution in [-0.2, 0) is 0 Å². The lowest BCUT2D eigenvalue weighted by Gasteiger charge is -2.19. The summed E-state index contributed by atoms with van der Waals surface area (Å²) < 4.78 is 0. The fraction of sp³-hybridized carbons (Fsp3) is 1.00. The van der Waals surface area contributed by atoms with Crippen LogP contribution in [0.1, 0.15) is 25.7 Å². The summed E-state index contributed by atoms with van der Waals surface area (Å²) in [5, 5.41) is 0. The molecule has 0 nitrogen and oxygen atoms in total. The fourth-order valence-corrected chi connectivity index (χ4v) is 2.07.